The van der Waals surface area contributed by atoms with Crippen molar-refractivity contribution in [3.63, 3.8) is 0 Å². The zero-order valence-electron chi connectivity index (χ0n) is 14.5. The Hall–Kier alpha value is -2.23. The molecule has 0 fully saturated rings. The van der Waals surface area contributed by atoms with E-state index in [1.165, 1.54) is 0 Å². The fourth-order valence-electron chi connectivity index (χ4n) is 3.16. The number of nitrogens with zero attached hydrogens (tertiary/aromatic N) is 1. The number of hydrogen-bond acceptors (Lipinski definition) is 3. The van der Waals surface area contributed by atoms with Crippen LogP contribution in [0, 0.1) is 6.92 Å². The van der Waals surface area contributed by atoms with E-state index in [9.17, 15) is 10.2 Å². The van der Waals surface area contributed by atoms with Gasteiger partial charge in [0.1, 0.15) is 11.5 Å². The maximum absolute atomic E-state index is 10.4. The van der Waals surface area contributed by atoms with Crippen molar-refractivity contribution in [1.82, 2.24) is 4.90 Å². The second kappa shape index (κ2) is 7.34. The van der Waals surface area contributed by atoms with Gasteiger partial charge in [0.05, 0.1) is 0 Å². The summed E-state index contributed by atoms with van der Waals surface area (Å²) in [4.78, 5) is 2.17. The lowest BCUT2D eigenvalue weighted by Crippen LogP contribution is -2.22. The molecule has 0 aliphatic rings. The molecule has 25 heavy (non-hydrogen) atoms. The molecule has 3 aromatic rings. The van der Waals surface area contributed by atoms with Gasteiger partial charge in [-0.1, -0.05) is 48.9 Å². The molecular weight excluding hydrogens is 334 g/mol. The molecule has 130 valence electrons. The summed E-state index contributed by atoms with van der Waals surface area (Å²) in [5, 5.41) is 23.5. The topological polar surface area (TPSA) is 43.7 Å². The molecule has 0 aromatic heterocycles. The Morgan fingerprint density at radius 3 is 2.52 bits per heavy atom. The van der Waals surface area contributed by atoms with Gasteiger partial charge in [-0.3, -0.25) is 4.90 Å². The molecule has 0 aliphatic heterocycles. The third-order valence-corrected chi connectivity index (χ3v) is 4.80. The molecule has 0 spiro atoms. The molecule has 0 amide bonds. The van der Waals surface area contributed by atoms with Crippen molar-refractivity contribution in [2.75, 3.05) is 6.54 Å². The van der Waals surface area contributed by atoms with E-state index in [0.717, 1.165) is 34.0 Å². The van der Waals surface area contributed by atoms with Crippen molar-refractivity contribution < 1.29 is 10.2 Å². The molecule has 4 heteroatoms. The molecule has 0 aliphatic carbocycles. The number of halogens is 1. The second-order valence-corrected chi connectivity index (χ2v) is 6.75. The normalized spacial score (nSPS) is 11.4. The average Bonchev–Trinajstić information content (AvgIpc) is 2.60. The third-order valence-electron chi connectivity index (χ3n) is 4.58. The highest BCUT2D eigenvalue weighted by molar-refractivity contribution is 6.30. The lowest BCUT2D eigenvalue weighted by molar-refractivity contribution is 0.264. The summed E-state index contributed by atoms with van der Waals surface area (Å²) in [7, 11) is 0. The number of aromatic hydroxyl groups is 2. The highest BCUT2D eigenvalue weighted by Gasteiger charge is 2.14. The van der Waals surface area contributed by atoms with E-state index in [4.69, 9.17) is 11.6 Å². The largest absolute Gasteiger partial charge is 0.508 e. The summed E-state index contributed by atoms with van der Waals surface area (Å²) in [5.74, 6) is 0.577. The van der Waals surface area contributed by atoms with Crippen LogP contribution in [-0.2, 0) is 13.1 Å². The Kier molecular flexibility index (Phi) is 5.16. The molecule has 0 saturated carbocycles. The molecule has 0 unspecified atom stereocenters. The number of aryl methyl sites for hydroxylation is 1. The number of hydrogen-bond donors (Lipinski definition) is 2. The van der Waals surface area contributed by atoms with Crippen LogP contribution in [0.4, 0.5) is 0 Å². The third kappa shape index (κ3) is 3.73. The minimum atomic E-state index is 0.282. The van der Waals surface area contributed by atoms with E-state index in [2.05, 4.69) is 11.8 Å². The molecule has 3 nitrogen and oxygen atoms in total. The van der Waals surface area contributed by atoms with Gasteiger partial charge in [-0.05, 0) is 48.0 Å². The summed E-state index contributed by atoms with van der Waals surface area (Å²) in [6.07, 6.45) is 0. The van der Waals surface area contributed by atoms with Crippen LogP contribution in [0.2, 0.25) is 5.02 Å². The Bertz CT molecular complexity index is 908. The highest BCUT2D eigenvalue weighted by atomic mass is 35.5. The lowest BCUT2D eigenvalue weighted by atomic mass is 10.0. The lowest BCUT2D eigenvalue weighted by Gasteiger charge is -2.23. The molecule has 0 bridgehead atoms. The monoisotopic (exact) mass is 355 g/mol. The molecule has 0 radical (unpaired) electrons. The molecule has 0 saturated heterocycles. The number of benzene rings is 3. The van der Waals surface area contributed by atoms with Crippen LogP contribution in [0.25, 0.3) is 10.8 Å². The summed E-state index contributed by atoms with van der Waals surface area (Å²) in [6.45, 7) is 5.85. The molecule has 2 N–H and O–H groups in total. The number of rotatable bonds is 5. The van der Waals surface area contributed by atoms with Gasteiger partial charge in [0.25, 0.3) is 0 Å². The van der Waals surface area contributed by atoms with Crippen LogP contribution in [0.1, 0.15) is 23.6 Å². The van der Waals surface area contributed by atoms with E-state index >= 15 is 0 Å². The summed E-state index contributed by atoms with van der Waals surface area (Å²) < 4.78 is 0. The van der Waals surface area contributed by atoms with Gasteiger partial charge in [-0.15, -0.1) is 0 Å². The average molecular weight is 356 g/mol. The maximum Gasteiger partial charge on any atom is 0.123 e. The standard InChI is InChI=1S/C21H22ClNO2/c1-3-23(12-16-11-17(22)10-14(2)21(16)25)13-19-18-7-5-4-6-15(18)8-9-20(19)24/h4-11,24-25H,3,12-13H2,1-2H3. The minimum Gasteiger partial charge on any atom is -0.508 e. The van der Waals surface area contributed by atoms with Crippen LogP contribution in [0.5, 0.6) is 11.5 Å². The summed E-state index contributed by atoms with van der Waals surface area (Å²) in [6, 6.07) is 15.3. The Morgan fingerprint density at radius 1 is 1.00 bits per heavy atom. The van der Waals surface area contributed by atoms with Gasteiger partial charge in [-0.2, -0.15) is 0 Å². The fourth-order valence-corrected chi connectivity index (χ4v) is 3.46. The maximum atomic E-state index is 10.4. The number of phenols is 2. The van der Waals surface area contributed by atoms with Gasteiger partial charge < -0.3 is 10.2 Å². The SMILES string of the molecule is CCN(Cc1cc(Cl)cc(C)c1O)Cc1c(O)ccc2ccccc12. The van der Waals surface area contributed by atoms with Crippen LogP contribution in [-0.4, -0.2) is 21.7 Å². The zero-order valence-corrected chi connectivity index (χ0v) is 15.2. The first kappa shape index (κ1) is 17.6. The Labute approximate surface area is 153 Å². The zero-order chi connectivity index (χ0) is 18.0. The van der Waals surface area contributed by atoms with Crippen molar-refractivity contribution in [2.24, 2.45) is 0 Å². The van der Waals surface area contributed by atoms with Gasteiger partial charge in [0.15, 0.2) is 0 Å². The molecular formula is C21H22ClNO2. The van der Waals surface area contributed by atoms with Gasteiger partial charge >= 0.3 is 0 Å². The van der Waals surface area contributed by atoms with Crippen molar-refractivity contribution in [3.05, 3.63) is 70.2 Å². The number of fused-ring (bicyclic) bond motifs is 1. The summed E-state index contributed by atoms with van der Waals surface area (Å²) >= 11 is 6.14. The van der Waals surface area contributed by atoms with Crippen LogP contribution in [0.3, 0.4) is 0 Å². The molecule has 0 atom stereocenters. The van der Waals surface area contributed by atoms with Gasteiger partial charge in [-0.25, -0.2) is 0 Å². The Balaban J connectivity index is 1.93. The van der Waals surface area contributed by atoms with E-state index in [1.807, 2.05) is 37.3 Å². The molecule has 3 aromatic carbocycles. The Morgan fingerprint density at radius 2 is 1.76 bits per heavy atom. The van der Waals surface area contributed by atoms with E-state index < -0.39 is 0 Å². The van der Waals surface area contributed by atoms with Crippen molar-refractivity contribution in [2.45, 2.75) is 26.9 Å². The van der Waals surface area contributed by atoms with Gasteiger partial charge in [0.2, 0.25) is 0 Å². The first-order chi connectivity index (χ1) is 12.0. The van der Waals surface area contributed by atoms with Gasteiger partial charge in [0, 0.05) is 29.2 Å². The smallest absolute Gasteiger partial charge is 0.123 e. The van der Waals surface area contributed by atoms with Crippen LogP contribution < -0.4 is 0 Å². The number of phenolic OH excluding ortho intramolecular Hbond substituents is 2. The van der Waals surface area contributed by atoms with Crippen molar-refractivity contribution in [1.29, 1.82) is 0 Å². The molecule has 0 heterocycles. The highest BCUT2D eigenvalue weighted by Crippen LogP contribution is 2.31. The second-order valence-electron chi connectivity index (χ2n) is 6.32. The van der Waals surface area contributed by atoms with Crippen LogP contribution >= 0.6 is 11.6 Å². The van der Waals surface area contributed by atoms with Crippen molar-refractivity contribution in [3.8, 4) is 11.5 Å². The fraction of sp³-hybridized carbons (Fsp3) is 0.238. The predicted octanol–water partition coefficient (Wildman–Crippen LogP) is 5.23. The first-order valence-corrected chi connectivity index (χ1v) is 8.77. The van der Waals surface area contributed by atoms with Crippen LogP contribution in [0.15, 0.2) is 48.5 Å². The van der Waals surface area contributed by atoms with Crippen molar-refractivity contribution >= 4 is 22.4 Å². The first-order valence-electron chi connectivity index (χ1n) is 8.39. The minimum absolute atomic E-state index is 0.282. The van der Waals surface area contributed by atoms with E-state index in [0.29, 0.717) is 23.9 Å². The predicted molar refractivity (Wildman–Crippen MR) is 103 cm³/mol. The summed E-state index contributed by atoms with van der Waals surface area (Å²) in [5.41, 5.74) is 2.47. The van der Waals surface area contributed by atoms with E-state index in [1.54, 1.807) is 18.2 Å². The molecule has 3 rings (SSSR count). The quantitative estimate of drug-likeness (QED) is 0.658. The van der Waals surface area contributed by atoms with E-state index in [-0.39, 0.29) is 5.75 Å².